The van der Waals surface area contributed by atoms with Gasteiger partial charge in [-0.3, -0.25) is 4.79 Å². The van der Waals surface area contributed by atoms with Gasteiger partial charge < -0.3 is 0 Å². The molecule has 2 heteroatoms. The Balaban J connectivity index is 0.00000160. The Morgan fingerprint density at radius 1 is 0.556 bits per heavy atom. The predicted octanol–water partition coefficient (Wildman–Crippen LogP) is 5.84. The Morgan fingerprint density at radius 3 is 1.41 bits per heavy atom. The Hall–Kier alpha value is -2.64. The zero-order valence-corrected chi connectivity index (χ0v) is 15.7. The van der Waals surface area contributed by atoms with Gasteiger partial charge in [0.05, 0.1) is 0 Å². The van der Waals surface area contributed by atoms with Crippen molar-refractivity contribution in [3.05, 3.63) is 94.0 Å². The number of rotatable bonds is 2. The molecular formula is C25H19ClO. The molecule has 0 radical (unpaired) electrons. The van der Waals surface area contributed by atoms with Crippen LogP contribution in [-0.4, -0.2) is 5.78 Å². The molecule has 4 aromatic carbocycles. The number of aryl methyl sites for hydroxylation is 4. The number of benzene rings is 4. The molecule has 0 amide bonds. The van der Waals surface area contributed by atoms with Crippen LogP contribution in [0.5, 0.6) is 0 Å². The van der Waals surface area contributed by atoms with E-state index in [-0.39, 0.29) is 18.2 Å². The molecule has 0 fully saturated rings. The predicted molar refractivity (Wildman–Crippen MR) is 113 cm³/mol. The lowest BCUT2D eigenvalue weighted by Crippen LogP contribution is -2.04. The van der Waals surface area contributed by atoms with Crippen molar-refractivity contribution in [2.75, 3.05) is 0 Å². The third-order valence-electron chi connectivity index (χ3n) is 6.24. The van der Waals surface area contributed by atoms with Crippen LogP contribution in [0.25, 0.3) is 21.5 Å². The summed E-state index contributed by atoms with van der Waals surface area (Å²) in [6.07, 6.45) is 4.35. The summed E-state index contributed by atoms with van der Waals surface area (Å²) in [5, 5.41) is 4.85. The van der Waals surface area contributed by atoms with E-state index in [9.17, 15) is 4.79 Å². The molecule has 0 heterocycles. The Labute approximate surface area is 164 Å². The van der Waals surface area contributed by atoms with Gasteiger partial charge in [0.2, 0.25) is 0 Å². The van der Waals surface area contributed by atoms with Crippen LogP contribution >= 0.6 is 12.4 Å². The number of carbonyl (C=O) groups is 1. The maximum Gasteiger partial charge on any atom is 0.194 e. The molecule has 4 aromatic rings. The zero-order valence-electron chi connectivity index (χ0n) is 14.9. The summed E-state index contributed by atoms with van der Waals surface area (Å²) in [5.74, 6) is 0.149. The quantitative estimate of drug-likeness (QED) is 0.405. The van der Waals surface area contributed by atoms with Crippen LogP contribution < -0.4 is 0 Å². The molecule has 0 unspecified atom stereocenters. The van der Waals surface area contributed by atoms with Gasteiger partial charge in [0.25, 0.3) is 0 Å². The fourth-order valence-electron chi connectivity index (χ4n) is 5.03. The lowest BCUT2D eigenvalue weighted by atomic mass is 9.91. The third kappa shape index (κ3) is 2.22. The van der Waals surface area contributed by atoms with Crippen molar-refractivity contribution >= 4 is 39.7 Å². The second kappa shape index (κ2) is 5.94. The van der Waals surface area contributed by atoms with Crippen LogP contribution in [0.2, 0.25) is 0 Å². The summed E-state index contributed by atoms with van der Waals surface area (Å²) < 4.78 is 0. The number of ketones is 1. The van der Waals surface area contributed by atoms with Crippen molar-refractivity contribution < 1.29 is 4.79 Å². The molecule has 2 aliphatic carbocycles. The molecule has 0 spiro atoms. The summed E-state index contributed by atoms with van der Waals surface area (Å²) >= 11 is 0. The molecule has 132 valence electrons. The van der Waals surface area contributed by atoms with E-state index in [0.29, 0.717) is 0 Å². The molecule has 6 rings (SSSR count). The van der Waals surface area contributed by atoms with Gasteiger partial charge in [0.1, 0.15) is 0 Å². The van der Waals surface area contributed by atoms with Crippen LogP contribution in [0.15, 0.2) is 60.7 Å². The molecule has 0 saturated carbocycles. The van der Waals surface area contributed by atoms with E-state index in [0.717, 1.165) is 47.6 Å². The van der Waals surface area contributed by atoms with Gasteiger partial charge in [0.15, 0.2) is 5.78 Å². The van der Waals surface area contributed by atoms with Gasteiger partial charge in [-0.1, -0.05) is 60.7 Å². The average molecular weight is 371 g/mol. The highest BCUT2D eigenvalue weighted by Gasteiger charge is 2.23. The highest BCUT2D eigenvalue weighted by atomic mass is 35.5. The van der Waals surface area contributed by atoms with Gasteiger partial charge in [0, 0.05) is 11.1 Å². The second-order valence-corrected chi connectivity index (χ2v) is 7.55. The van der Waals surface area contributed by atoms with E-state index >= 15 is 0 Å². The van der Waals surface area contributed by atoms with E-state index < -0.39 is 0 Å². The molecule has 0 bridgehead atoms. The maximum atomic E-state index is 13.6. The molecule has 1 nitrogen and oxygen atoms in total. The topological polar surface area (TPSA) is 17.1 Å². The molecule has 0 N–H and O–H groups in total. The van der Waals surface area contributed by atoms with Crippen LogP contribution in [-0.2, 0) is 25.7 Å². The first-order valence-electron chi connectivity index (χ1n) is 9.43. The largest absolute Gasteiger partial charge is 0.289 e. The van der Waals surface area contributed by atoms with Crippen molar-refractivity contribution in [1.82, 2.24) is 0 Å². The molecule has 0 saturated heterocycles. The number of halogens is 1. The van der Waals surface area contributed by atoms with E-state index in [1.165, 1.54) is 33.0 Å². The average Bonchev–Trinajstić information content (AvgIpc) is 3.29. The smallest absolute Gasteiger partial charge is 0.194 e. The summed E-state index contributed by atoms with van der Waals surface area (Å²) in [6.45, 7) is 0. The van der Waals surface area contributed by atoms with E-state index in [2.05, 4.69) is 48.5 Å². The maximum absolute atomic E-state index is 13.6. The number of hydrogen-bond donors (Lipinski definition) is 0. The lowest BCUT2D eigenvalue weighted by molar-refractivity contribution is 0.104. The first-order valence-corrected chi connectivity index (χ1v) is 9.43. The van der Waals surface area contributed by atoms with Crippen LogP contribution in [0.4, 0.5) is 0 Å². The number of hydrogen-bond acceptors (Lipinski definition) is 1. The fourth-order valence-corrected chi connectivity index (χ4v) is 5.03. The van der Waals surface area contributed by atoms with Crippen LogP contribution in [0.1, 0.15) is 38.2 Å². The summed E-state index contributed by atoms with van der Waals surface area (Å²) in [7, 11) is 0. The van der Waals surface area contributed by atoms with Crippen LogP contribution in [0.3, 0.4) is 0 Å². The molecule has 27 heavy (non-hydrogen) atoms. The first-order chi connectivity index (χ1) is 12.8. The third-order valence-corrected chi connectivity index (χ3v) is 6.24. The molecule has 0 aliphatic heterocycles. The standard InChI is InChI=1S/C25H18O.ClH/c26-25(21-13-11-17-9-7-15-3-1-5-19(21)23(15)17)22-14-12-18-10-8-16-4-2-6-20(22)24(16)18;/h1-6,11-14H,7-10H2;1H. The minimum atomic E-state index is 0. The van der Waals surface area contributed by atoms with E-state index in [1.807, 2.05) is 12.1 Å². The summed E-state index contributed by atoms with van der Waals surface area (Å²) in [6, 6.07) is 21.2. The minimum Gasteiger partial charge on any atom is -0.289 e. The van der Waals surface area contributed by atoms with E-state index in [4.69, 9.17) is 0 Å². The van der Waals surface area contributed by atoms with E-state index in [1.54, 1.807) is 0 Å². The van der Waals surface area contributed by atoms with Crippen molar-refractivity contribution in [2.24, 2.45) is 0 Å². The van der Waals surface area contributed by atoms with Crippen molar-refractivity contribution in [3.63, 3.8) is 0 Å². The van der Waals surface area contributed by atoms with Crippen LogP contribution in [0, 0.1) is 0 Å². The molecule has 2 aliphatic rings. The highest BCUT2D eigenvalue weighted by molar-refractivity contribution is 6.22. The SMILES string of the molecule is Cl.O=C(c1ccc2c3c(cccc13)CC2)c1ccc2c3c(cccc13)CC2. The van der Waals surface area contributed by atoms with Crippen molar-refractivity contribution in [2.45, 2.75) is 25.7 Å². The van der Waals surface area contributed by atoms with Crippen molar-refractivity contribution in [3.8, 4) is 0 Å². The van der Waals surface area contributed by atoms with Gasteiger partial charge >= 0.3 is 0 Å². The van der Waals surface area contributed by atoms with Gasteiger partial charge in [-0.05, 0) is 69.5 Å². The summed E-state index contributed by atoms with van der Waals surface area (Å²) in [5.41, 5.74) is 7.21. The molecular weight excluding hydrogens is 352 g/mol. The summed E-state index contributed by atoms with van der Waals surface area (Å²) in [4.78, 5) is 13.6. The number of carbonyl (C=O) groups excluding carboxylic acids is 1. The second-order valence-electron chi connectivity index (χ2n) is 7.55. The monoisotopic (exact) mass is 370 g/mol. The molecule has 0 atom stereocenters. The minimum absolute atomic E-state index is 0. The zero-order chi connectivity index (χ0) is 17.3. The van der Waals surface area contributed by atoms with Gasteiger partial charge in [-0.2, -0.15) is 0 Å². The fraction of sp³-hybridized carbons (Fsp3) is 0.160. The Bertz CT molecular complexity index is 1130. The van der Waals surface area contributed by atoms with Gasteiger partial charge in [-0.15, -0.1) is 12.4 Å². The normalized spacial score (nSPS) is 13.9. The Kier molecular flexibility index (Phi) is 3.63. The first kappa shape index (κ1) is 16.5. The Morgan fingerprint density at radius 2 is 0.963 bits per heavy atom. The van der Waals surface area contributed by atoms with Crippen molar-refractivity contribution in [1.29, 1.82) is 0 Å². The molecule has 0 aromatic heterocycles. The highest BCUT2D eigenvalue weighted by Crippen LogP contribution is 2.36. The van der Waals surface area contributed by atoms with Gasteiger partial charge in [-0.25, -0.2) is 0 Å². The lowest BCUT2D eigenvalue weighted by Gasteiger charge is -2.11.